The summed E-state index contributed by atoms with van der Waals surface area (Å²) in [5, 5.41) is 0.409. The van der Waals surface area contributed by atoms with Gasteiger partial charge in [-0.25, -0.2) is 14.8 Å². The van der Waals surface area contributed by atoms with Crippen molar-refractivity contribution in [2.24, 2.45) is 0 Å². The van der Waals surface area contributed by atoms with E-state index in [9.17, 15) is 4.79 Å². The largest absolute Gasteiger partial charge is 0.462 e. The molecule has 0 aliphatic carbocycles. The molecule has 140 valence electrons. The van der Waals surface area contributed by atoms with Gasteiger partial charge in [0.1, 0.15) is 15.7 Å². The molecule has 7 heteroatoms. The van der Waals surface area contributed by atoms with Gasteiger partial charge in [-0.2, -0.15) is 0 Å². The van der Waals surface area contributed by atoms with Crippen LogP contribution in [0, 0.1) is 0 Å². The third-order valence-corrected chi connectivity index (χ3v) is 5.14. The number of rotatable bonds is 10. The molecule has 1 heterocycles. The fourth-order valence-electron chi connectivity index (χ4n) is 2.35. The van der Waals surface area contributed by atoms with E-state index in [0.717, 1.165) is 24.2 Å². The van der Waals surface area contributed by atoms with E-state index in [1.54, 1.807) is 0 Å². The second kappa shape index (κ2) is 11.4. The topological polar surface area (TPSA) is 52.1 Å². The third-order valence-electron chi connectivity index (χ3n) is 3.70. The van der Waals surface area contributed by atoms with Crippen molar-refractivity contribution in [1.29, 1.82) is 0 Å². The molecule has 0 spiro atoms. The number of ether oxygens (including phenoxy) is 1. The Labute approximate surface area is 168 Å². The highest BCUT2D eigenvalue weighted by Gasteiger charge is 2.22. The zero-order valence-corrected chi connectivity index (χ0v) is 17.0. The number of aromatic nitrogens is 2. The van der Waals surface area contributed by atoms with E-state index in [2.05, 4.69) is 16.9 Å². The molecular formula is C19H22Cl2N2O2S. The molecule has 0 amide bonds. The van der Waals surface area contributed by atoms with Crippen LogP contribution in [0.2, 0.25) is 10.4 Å². The summed E-state index contributed by atoms with van der Waals surface area (Å²) in [5.74, 6) is -0.515. The van der Waals surface area contributed by atoms with Gasteiger partial charge < -0.3 is 4.74 Å². The van der Waals surface area contributed by atoms with E-state index in [0.29, 0.717) is 11.6 Å². The molecule has 0 saturated carbocycles. The first-order valence-electron chi connectivity index (χ1n) is 8.75. The average molecular weight is 413 g/mol. The molecule has 0 bridgehead atoms. The average Bonchev–Trinajstić information content (AvgIpc) is 2.61. The maximum absolute atomic E-state index is 12.5. The number of unbranched alkanes of at least 4 members (excludes halogenated alkanes) is 5. The normalized spacial score (nSPS) is 10.7. The Balaban J connectivity index is 1.99. The summed E-state index contributed by atoms with van der Waals surface area (Å²) in [6.07, 6.45) is 6.72. The zero-order valence-electron chi connectivity index (χ0n) is 14.7. The molecule has 0 radical (unpaired) electrons. The van der Waals surface area contributed by atoms with E-state index in [1.807, 2.05) is 30.3 Å². The highest BCUT2D eigenvalue weighted by atomic mass is 35.5. The van der Waals surface area contributed by atoms with Crippen molar-refractivity contribution in [3.63, 3.8) is 0 Å². The van der Waals surface area contributed by atoms with Crippen LogP contribution in [0.15, 0.2) is 40.3 Å². The van der Waals surface area contributed by atoms with Gasteiger partial charge in [0, 0.05) is 4.90 Å². The molecule has 2 aromatic rings. The first kappa shape index (κ1) is 21.0. The predicted octanol–water partition coefficient (Wildman–Crippen LogP) is 6.45. The lowest BCUT2D eigenvalue weighted by molar-refractivity contribution is 0.0492. The monoisotopic (exact) mass is 412 g/mol. The van der Waals surface area contributed by atoms with Gasteiger partial charge in [0.2, 0.25) is 5.28 Å². The van der Waals surface area contributed by atoms with Crippen molar-refractivity contribution in [2.45, 2.75) is 55.4 Å². The first-order valence-corrected chi connectivity index (χ1v) is 10.3. The number of hydrogen-bond acceptors (Lipinski definition) is 5. The molecule has 0 saturated heterocycles. The van der Waals surface area contributed by atoms with Crippen LogP contribution in [0.4, 0.5) is 0 Å². The summed E-state index contributed by atoms with van der Waals surface area (Å²) in [7, 11) is 0. The fourth-order valence-corrected chi connectivity index (χ4v) is 3.85. The Morgan fingerprint density at radius 3 is 2.46 bits per heavy atom. The number of carbonyl (C=O) groups excluding carboxylic acids is 1. The number of esters is 1. The van der Waals surface area contributed by atoms with E-state index in [1.165, 1.54) is 31.0 Å². The number of nitrogens with zero attached hydrogens (tertiary/aromatic N) is 2. The van der Waals surface area contributed by atoms with E-state index in [4.69, 9.17) is 27.9 Å². The predicted molar refractivity (Wildman–Crippen MR) is 106 cm³/mol. The Bertz CT molecular complexity index is 714. The maximum atomic E-state index is 12.5. The molecule has 0 fully saturated rings. The molecule has 0 aliphatic heterocycles. The summed E-state index contributed by atoms with van der Waals surface area (Å²) >= 11 is 13.4. The third kappa shape index (κ3) is 6.78. The van der Waals surface area contributed by atoms with Crippen molar-refractivity contribution in [3.05, 3.63) is 46.3 Å². The lowest BCUT2D eigenvalue weighted by Gasteiger charge is -2.10. The Morgan fingerprint density at radius 1 is 1.04 bits per heavy atom. The molecular weight excluding hydrogens is 391 g/mol. The highest BCUT2D eigenvalue weighted by molar-refractivity contribution is 7.99. The van der Waals surface area contributed by atoms with Crippen LogP contribution in [0.25, 0.3) is 0 Å². The number of hydrogen-bond donors (Lipinski definition) is 0. The molecule has 0 N–H and O–H groups in total. The lowest BCUT2D eigenvalue weighted by atomic mass is 10.1. The minimum atomic E-state index is -0.515. The smallest absolute Gasteiger partial charge is 0.344 e. The van der Waals surface area contributed by atoms with Crippen LogP contribution in [-0.2, 0) is 4.74 Å². The van der Waals surface area contributed by atoms with Crippen LogP contribution in [-0.4, -0.2) is 22.5 Å². The maximum Gasteiger partial charge on any atom is 0.344 e. The summed E-state index contributed by atoms with van der Waals surface area (Å²) in [6, 6.07) is 9.56. The van der Waals surface area contributed by atoms with Crippen LogP contribution in [0.3, 0.4) is 0 Å². The molecule has 0 aliphatic rings. The Hall–Kier alpha value is -1.30. The minimum absolute atomic E-state index is 0.000838. The number of carbonyl (C=O) groups is 1. The number of benzene rings is 1. The van der Waals surface area contributed by atoms with Crippen LogP contribution in [0.1, 0.15) is 55.8 Å². The molecule has 26 heavy (non-hydrogen) atoms. The van der Waals surface area contributed by atoms with Gasteiger partial charge in [0.15, 0.2) is 0 Å². The van der Waals surface area contributed by atoms with Crippen molar-refractivity contribution in [3.8, 4) is 0 Å². The summed E-state index contributed by atoms with van der Waals surface area (Å²) in [6.45, 7) is 2.55. The van der Waals surface area contributed by atoms with E-state index < -0.39 is 5.97 Å². The van der Waals surface area contributed by atoms with Gasteiger partial charge >= 0.3 is 5.97 Å². The lowest BCUT2D eigenvalue weighted by Crippen LogP contribution is -2.11. The SMILES string of the molecule is CCCCCCCCOC(=O)c1c(Cl)nc(Cl)nc1Sc1ccccc1. The van der Waals surface area contributed by atoms with Crippen molar-refractivity contribution >= 4 is 40.9 Å². The highest BCUT2D eigenvalue weighted by Crippen LogP contribution is 2.33. The molecule has 1 aromatic heterocycles. The second-order valence-electron chi connectivity index (χ2n) is 5.78. The van der Waals surface area contributed by atoms with Gasteiger partial charge in [-0.15, -0.1) is 0 Å². The quantitative estimate of drug-likeness (QED) is 0.194. The Kier molecular flexibility index (Phi) is 9.23. The second-order valence-corrected chi connectivity index (χ2v) is 7.54. The molecule has 0 unspecified atom stereocenters. The summed E-state index contributed by atoms with van der Waals surface area (Å²) < 4.78 is 5.37. The molecule has 1 aromatic carbocycles. The van der Waals surface area contributed by atoms with Gasteiger partial charge in [0.25, 0.3) is 0 Å². The molecule has 0 atom stereocenters. The first-order chi connectivity index (χ1) is 12.6. The van der Waals surface area contributed by atoms with Crippen molar-refractivity contribution < 1.29 is 9.53 Å². The van der Waals surface area contributed by atoms with Crippen LogP contribution >= 0.6 is 35.0 Å². The van der Waals surface area contributed by atoms with Crippen LogP contribution in [0.5, 0.6) is 0 Å². The van der Waals surface area contributed by atoms with Crippen LogP contribution < -0.4 is 0 Å². The van der Waals surface area contributed by atoms with Gasteiger partial charge in [-0.1, -0.05) is 80.6 Å². The zero-order chi connectivity index (χ0) is 18.8. The molecule has 4 nitrogen and oxygen atoms in total. The van der Waals surface area contributed by atoms with Crippen molar-refractivity contribution in [2.75, 3.05) is 6.61 Å². The van der Waals surface area contributed by atoms with Gasteiger partial charge in [-0.05, 0) is 30.2 Å². The van der Waals surface area contributed by atoms with E-state index in [-0.39, 0.29) is 16.0 Å². The number of halogens is 2. The standard InChI is InChI=1S/C19H22Cl2N2O2S/c1-2-3-4-5-6-10-13-25-18(24)15-16(20)22-19(21)23-17(15)26-14-11-8-7-9-12-14/h7-9,11-12H,2-6,10,13H2,1H3. The van der Waals surface area contributed by atoms with Gasteiger partial charge in [0.05, 0.1) is 6.61 Å². The fraction of sp³-hybridized carbons (Fsp3) is 0.421. The van der Waals surface area contributed by atoms with E-state index >= 15 is 0 Å². The Morgan fingerprint density at radius 2 is 1.73 bits per heavy atom. The van der Waals surface area contributed by atoms with Gasteiger partial charge in [-0.3, -0.25) is 0 Å². The minimum Gasteiger partial charge on any atom is -0.462 e. The summed E-state index contributed by atoms with van der Waals surface area (Å²) in [4.78, 5) is 21.4. The molecule has 2 rings (SSSR count). The van der Waals surface area contributed by atoms with Crippen molar-refractivity contribution in [1.82, 2.24) is 9.97 Å². The summed E-state index contributed by atoms with van der Waals surface area (Å²) in [5.41, 5.74) is 0.163.